The van der Waals surface area contributed by atoms with Crippen LogP contribution in [0.3, 0.4) is 0 Å². The number of hydrogen-bond donors (Lipinski definition) is 1. The Hall–Kier alpha value is -0.940. The first kappa shape index (κ1) is 13.1. The smallest absolute Gasteiger partial charge is 0.139 e. The minimum Gasteiger partial charge on any atom is -0.490 e. The first-order chi connectivity index (χ1) is 9.42. The molecule has 2 saturated heterocycles. The molecule has 0 saturated carbocycles. The van der Waals surface area contributed by atoms with E-state index in [0.29, 0.717) is 6.04 Å². The summed E-state index contributed by atoms with van der Waals surface area (Å²) in [7, 11) is 0. The Balaban J connectivity index is 1.58. The zero-order valence-corrected chi connectivity index (χ0v) is 12.0. The third kappa shape index (κ3) is 3.54. The number of pyridine rings is 1. The SMILES string of the molecule is c1ncc(N2CCSCC2)cc1OC[C@@H]1CCCN1. The summed E-state index contributed by atoms with van der Waals surface area (Å²) in [6.07, 6.45) is 6.24. The molecule has 0 amide bonds. The molecule has 1 N–H and O–H groups in total. The van der Waals surface area contributed by atoms with Crippen molar-refractivity contribution in [2.45, 2.75) is 18.9 Å². The predicted molar refractivity (Wildman–Crippen MR) is 80.3 cm³/mol. The highest BCUT2D eigenvalue weighted by Gasteiger charge is 2.15. The van der Waals surface area contributed by atoms with Gasteiger partial charge in [0.25, 0.3) is 0 Å². The zero-order chi connectivity index (χ0) is 12.9. The minimum atomic E-state index is 0.509. The van der Waals surface area contributed by atoms with Gasteiger partial charge < -0.3 is 15.0 Å². The van der Waals surface area contributed by atoms with Gasteiger partial charge in [0.2, 0.25) is 0 Å². The lowest BCUT2D eigenvalue weighted by Crippen LogP contribution is -2.32. The fourth-order valence-electron chi connectivity index (χ4n) is 2.58. The van der Waals surface area contributed by atoms with Crippen molar-refractivity contribution in [1.29, 1.82) is 0 Å². The number of hydrogen-bond acceptors (Lipinski definition) is 5. The van der Waals surface area contributed by atoms with Crippen molar-refractivity contribution in [2.75, 3.05) is 42.6 Å². The number of ether oxygens (including phenoxy) is 1. The maximum Gasteiger partial charge on any atom is 0.139 e. The van der Waals surface area contributed by atoms with Crippen molar-refractivity contribution in [2.24, 2.45) is 0 Å². The fraction of sp³-hybridized carbons (Fsp3) is 0.643. The van der Waals surface area contributed by atoms with Crippen LogP contribution in [-0.4, -0.2) is 48.8 Å². The van der Waals surface area contributed by atoms with Crippen molar-refractivity contribution in [3.05, 3.63) is 18.5 Å². The van der Waals surface area contributed by atoms with E-state index in [0.717, 1.165) is 32.0 Å². The Kier molecular flexibility index (Phi) is 4.45. The molecule has 5 heteroatoms. The zero-order valence-electron chi connectivity index (χ0n) is 11.2. The van der Waals surface area contributed by atoms with Gasteiger partial charge in [-0.15, -0.1) is 0 Å². The van der Waals surface area contributed by atoms with Crippen LogP contribution in [0.2, 0.25) is 0 Å². The fourth-order valence-corrected chi connectivity index (χ4v) is 3.48. The number of rotatable bonds is 4. The van der Waals surface area contributed by atoms with Crippen LogP contribution in [-0.2, 0) is 0 Å². The third-order valence-corrected chi connectivity index (χ3v) is 4.63. The van der Waals surface area contributed by atoms with Crippen molar-refractivity contribution >= 4 is 17.4 Å². The van der Waals surface area contributed by atoms with Gasteiger partial charge in [0, 0.05) is 36.7 Å². The standard InChI is InChI=1S/C14H21N3OS/c1-2-12(16-3-1)11-18-14-8-13(9-15-10-14)17-4-6-19-7-5-17/h8-10,12,16H,1-7,11H2/t12-/m0/s1. The van der Waals surface area contributed by atoms with E-state index in [-0.39, 0.29) is 0 Å². The first-order valence-electron chi connectivity index (χ1n) is 7.06. The Morgan fingerprint density at radius 2 is 2.26 bits per heavy atom. The van der Waals surface area contributed by atoms with Crippen LogP contribution in [0.5, 0.6) is 5.75 Å². The molecule has 1 atom stereocenters. The van der Waals surface area contributed by atoms with Crippen LogP contribution in [0.4, 0.5) is 5.69 Å². The maximum atomic E-state index is 5.86. The average Bonchev–Trinajstić information content (AvgIpc) is 3.00. The second-order valence-corrected chi connectivity index (χ2v) is 6.31. The summed E-state index contributed by atoms with van der Waals surface area (Å²) in [5.74, 6) is 3.30. The van der Waals surface area contributed by atoms with E-state index in [9.17, 15) is 0 Å². The molecule has 0 aromatic carbocycles. The lowest BCUT2D eigenvalue weighted by Gasteiger charge is -2.28. The maximum absolute atomic E-state index is 5.86. The Labute approximate surface area is 118 Å². The van der Waals surface area contributed by atoms with Gasteiger partial charge in [-0.25, -0.2) is 0 Å². The van der Waals surface area contributed by atoms with Crippen LogP contribution in [0, 0.1) is 0 Å². The van der Waals surface area contributed by atoms with E-state index in [2.05, 4.69) is 21.3 Å². The van der Waals surface area contributed by atoms with E-state index in [1.807, 2.05) is 24.2 Å². The molecular weight excluding hydrogens is 258 g/mol. The van der Waals surface area contributed by atoms with Gasteiger partial charge in [0.05, 0.1) is 18.1 Å². The van der Waals surface area contributed by atoms with E-state index in [1.165, 1.54) is 30.0 Å². The molecule has 2 aliphatic heterocycles. The van der Waals surface area contributed by atoms with Crippen molar-refractivity contribution in [3.63, 3.8) is 0 Å². The molecule has 0 spiro atoms. The normalized spacial score (nSPS) is 23.6. The third-order valence-electron chi connectivity index (χ3n) is 3.69. The predicted octanol–water partition coefficient (Wildman–Crippen LogP) is 1.77. The summed E-state index contributed by atoms with van der Waals surface area (Å²) >= 11 is 2.02. The Morgan fingerprint density at radius 1 is 1.37 bits per heavy atom. The highest BCUT2D eigenvalue weighted by atomic mass is 32.2. The van der Waals surface area contributed by atoms with E-state index in [4.69, 9.17) is 4.74 Å². The topological polar surface area (TPSA) is 37.4 Å². The monoisotopic (exact) mass is 279 g/mol. The molecule has 0 bridgehead atoms. The second-order valence-electron chi connectivity index (χ2n) is 5.08. The van der Waals surface area contributed by atoms with Crippen LogP contribution in [0.15, 0.2) is 18.5 Å². The highest BCUT2D eigenvalue weighted by Crippen LogP contribution is 2.23. The molecule has 104 valence electrons. The molecule has 2 fully saturated rings. The number of anilines is 1. The average molecular weight is 279 g/mol. The highest BCUT2D eigenvalue weighted by molar-refractivity contribution is 7.99. The molecule has 0 radical (unpaired) electrons. The summed E-state index contributed by atoms with van der Waals surface area (Å²) in [5, 5.41) is 3.45. The van der Waals surface area contributed by atoms with Gasteiger partial charge in [0.15, 0.2) is 0 Å². The van der Waals surface area contributed by atoms with E-state index in [1.54, 1.807) is 0 Å². The molecule has 3 rings (SSSR count). The van der Waals surface area contributed by atoms with Crippen LogP contribution in [0.1, 0.15) is 12.8 Å². The van der Waals surface area contributed by atoms with Crippen LogP contribution < -0.4 is 15.0 Å². The lowest BCUT2D eigenvalue weighted by molar-refractivity contribution is 0.276. The van der Waals surface area contributed by atoms with Gasteiger partial charge in [-0.2, -0.15) is 11.8 Å². The molecule has 0 aliphatic carbocycles. The van der Waals surface area contributed by atoms with Gasteiger partial charge >= 0.3 is 0 Å². The molecule has 19 heavy (non-hydrogen) atoms. The van der Waals surface area contributed by atoms with Crippen molar-refractivity contribution in [1.82, 2.24) is 10.3 Å². The van der Waals surface area contributed by atoms with E-state index < -0.39 is 0 Å². The molecular formula is C14H21N3OS. The number of nitrogens with zero attached hydrogens (tertiary/aromatic N) is 2. The molecule has 1 aromatic rings. The molecule has 3 heterocycles. The summed E-state index contributed by atoms with van der Waals surface area (Å²) in [4.78, 5) is 6.70. The van der Waals surface area contributed by atoms with Gasteiger partial charge in [0.1, 0.15) is 12.4 Å². The summed E-state index contributed by atoms with van der Waals surface area (Å²) in [6, 6.07) is 2.63. The lowest BCUT2D eigenvalue weighted by atomic mass is 10.2. The summed E-state index contributed by atoms with van der Waals surface area (Å²) in [5.41, 5.74) is 1.19. The number of nitrogens with one attached hydrogen (secondary N) is 1. The van der Waals surface area contributed by atoms with Crippen molar-refractivity contribution in [3.8, 4) is 5.75 Å². The van der Waals surface area contributed by atoms with Crippen LogP contribution >= 0.6 is 11.8 Å². The molecule has 2 aliphatic rings. The number of aromatic nitrogens is 1. The van der Waals surface area contributed by atoms with Gasteiger partial charge in [-0.1, -0.05) is 0 Å². The second kappa shape index (κ2) is 6.48. The van der Waals surface area contributed by atoms with E-state index >= 15 is 0 Å². The minimum absolute atomic E-state index is 0.509. The van der Waals surface area contributed by atoms with Crippen molar-refractivity contribution < 1.29 is 4.74 Å². The molecule has 1 aromatic heterocycles. The largest absolute Gasteiger partial charge is 0.490 e. The Bertz CT molecular complexity index is 403. The van der Waals surface area contributed by atoms with Gasteiger partial charge in [-0.05, 0) is 19.4 Å². The quantitative estimate of drug-likeness (QED) is 0.909. The van der Waals surface area contributed by atoms with Gasteiger partial charge in [-0.3, -0.25) is 4.98 Å². The molecule has 0 unspecified atom stereocenters. The Morgan fingerprint density at radius 3 is 3.05 bits per heavy atom. The number of thioether (sulfide) groups is 1. The molecule has 4 nitrogen and oxygen atoms in total. The summed E-state index contributed by atoms with van der Waals surface area (Å²) in [6.45, 7) is 4.10. The van der Waals surface area contributed by atoms with Crippen LogP contribution in [0.25, 0.3) is 0 Å². The first-order valence-corrected chi connectivity index (χ1v) is 8.21. The summed E-state index contributed by atoms with van der Waals surface area (Å²) < 4.78 is 5.86.